The molecule has 3 rings (SSSR count). The highest BCUT2D eigenvalue weighted by Gasteiger charge is 2.25. The van der Waals surface area contributed by atoms with Gasteiger partial charge in [0, 0.05) is 35.5 Å². The summed E-state index contributed by atoms with van der Waals surface area (Å²) in [5, 5.41) is 29.7. The van der Waals surface area contributed by atoms with Gasteiger partial charge in [-0.3, -0.25) is 9.98 Å². The monoisotopic (exact) mass is 340 g/mol. The predicted octanol–water partition coefficient (Wildman–Crippen LogP) is 2.28. The summed E-state index contributed by atoms with van der Waals surface area (Å²) in [7, 11) is 0. The zero-order valence-electron chi connectivity index (χ0n) is 13.7. The Bertz CT molecular complexity index is 798. The molecule has 0 aliphatic carbocycles. The van der Waals surface area contributed by atoms with Crippen LogP contribution in [0.5, 0.6) is 17.2 Å². The quantitative estimate of drug-likeness (QED) is 0.312. The molecular weight excluding hydrogens is 320 g/mol. The maximum atomic E-state index is 10.1. The Morgan fingerprint density at radius 1 is 0.920 bits per heavy atom. The third-order valence-electron chi connectivity index (χ3n) is 3.87. The first-order valence-electron chi connectivity index (χ1n) is 8.08. The standard InChI is InChI=1S/C19H20N2O4/c22-17-4-2-1-3-14(17)10-20-7-8-21-11-15-6-5-13(9-16-12-25-16)18(23)19(15)24/h1-6,10-11,16,22-24H,7-9,12H2. The van der Waals surface area contributed by atoms with E-state index >= 15 is 0 Å². The number of para-hydroxylation sites is 1. The average molecular weight is 340 g/mol. The predicted molar refractivity (Wildman–Crippen MR) is 96.2 cm³/mol. The Labute approximate surface area is 145 Å². The van der Waals surface area contributed by atoms with Crippen LogP contribution in [0.1, 0.15) is 16.7 Å². The van der Waals surface area contributed by atoms with E-state index in [1.807, 2.05) is 6.07 Å². The van der Waals surface area contributed by atoms with Crippen molar-refractivity contribution < 1.29 is 20.1 Å². The molecule has 1 aliphatic rings. The third-order valence-corrected chi connectivity index (χ3v) is 3.87. The molecule has 3 N–H and O–H groups in total. The molecule has 25 heavy (non-hydrogen) atoms. The van der Waals surface area contributed by atoms with E-state index in [1.54, 1.807) is 36.5 Å². The molecule has 1 unspecified atom stereocenters. The van der Waals surface area contributed by atoms with Gasteiger partial charge in [-0.05, 0) is 18.2 Å². The maximum absolute atomic E-state index is 10.1. The van der Waals surface area contributed by atoms with Crippen LogP contribution in [0.25, 0.3) is 0 Å². The van der Waals surface area contributed by atoms with Gasteiger partial charge < -0.3 is 20.1 Å². The van der Waals surface area contributed by atoms with E-state index in [1.165, 1.54) is 6.21 Å². The Morgan fingerprint density at radius 2 is 1.60 bits per heavy atom. The number of hydrogen-bond donors (Lipinski definition) is 3. The lowest BCUT2D eigenvalue weighted by Crippen LogP contribution is -1.96. The van der Waals surface area contributed by atoms with E-state index in [2.05, 4.69) is 9.98 Å². The minimum Gasteiger partial charge on any atom is -0.507 e. The van der Waals surface area contributed by atoms with Crippen LogP contribution in [0.2, 0.25) is 0 Å². The summed E-state index contributed by atoms with van der Waals surface area (Å²) in [4.78, 5) is 8.41. The lowest BCUT2D eigenvalue weighted by atomic mass is 10.1. The SMILES string of the molecule is Oc1ccccc1C=NCCN=Cc1ccc(CC2CO2)c(O)c1O. The first kappa shape index (κ1) is 17.0. The molecule has 0 amide bonds. The molecule has 0 aromatic heterocycles. The summed E-state index contributed by atoms with van der Waals surface area (Å²) >= 11 is 0. The fourth-order valence-electron chi connectivity index (χ4n) is 2.38. The van der Waals surface area contributed by atoms with Crippen molar-refractivity contribution in [3.05, 3.63) is 53.1 Å². The first-order chi connectivity index (χ1) is 12.1. The lowest BCUT2D eigenvalue weighted by Gasteiger charge is -2.07. The van der Waals surface area contributed by atoms with Gasteiger partial charge >= 0.3 is 0 Å². The molecule has 0 saturated carbocycles. The van der Waals surface area contributed by atoms with E-state index in [4.69, 9.17) is 4.74 Å². The second-order valence-corrected chi connectivity index (χ2v) is 5.80. The van der Waals surface area contributed by atoms with Crippen LogP contribution in [0.3, 0.4) is 0 Å². The van der Waals surface area contributed by atoms with Crippen molar-refractivity contribution in [1.29, 1.82) is 0 Å². The zero-order chi connectivity index (χ0) is 17.6. The molecule has 0 radical (unpaired) electrons. The van der Waals surface area contributed by atoms with Gasteiger partial charge in [-0.15, -0.1) is 0 Å². The smallest absolute Gasteiger partial charge is 0.166 e. The number of epoxide rings is 1. The van der Waals surface area contributed by atoms with E-state index in [0.717, 1.165) is 0 Å². The summed E-state index contributed by atoms with van der Waals surface area (Å²) in [6.45, 7) is 1.58. The van der Waals surface area contributed by atoms with Crippen LogP contribution in [0.15, 0.2) is 46.4 Å². The molecule has 6 nitrogen and oxygen atoms in total. The molecule has 1 atom stereocenters. The normalized spacial score (nSPS) is 16.7. The fourth-order valence-corrected chi connectivity index (χ4v) is 2.38. The van der Waals surface area contributed by atoms with Crippen molar-refractivity contribution in [2.24, 2.45) is 9.98 Å². The van der Waals surface area contributed by atoms with Gasteiger partial charge in [0.1, 0.15) is 5.75 Å². The number of phenols is 3. The topological polar surface area (TPSA) is 97.9 Å². The third kappa shape index (κ3) is 4.58. The number of rotatable bonds is 7. The van der Waals surface area contributed by atoms with Gasteiger partial charge in [0.05, 0.1) is 25.8 Å². The van der Waals surface area contributed by atoms with Gasteiger partial charge in [0.2, 0.25) is 0 Å². The zero-order valence-corrected chi connectivity index (χ0v) is 13.7. The molecule has 1 heterocycles. The second kappa shape index (κ2) is 7.81. The highest BCUT2D eigenvalue weighted by atomic mass is 16.6. The van der Waals surface area contributed by atoms with Crippen molar-refractivity contribution in [2.45, 2.75) is 12.5 Å². The molecule has 130 valence electrons. The van der Waals surface area contributed by atoms with Crippen molar-refractivity contribution in [3.8, 4) is 17.2 Å². The van der Waals surface area contributed by atoms with Crippen molar-refractivity contribution in [3.63, 3.8) is 0 Å². The van der Waals surface area contributed by atoms with Gasteiger partial charge in [-0.25, -0.2) is 0 Å². The van der Waals surface area contributed by atoms with Crippen LogP contribution in [-0.2, 0) is 11.2 Å². The number of benzene rings is 2. The Kier molecular flexibility index (Phi) is 5.30. The van der Waals surface area contributed by atoms with Gasteiger partial charge in [-0.1, -0.05) is 18.2 Å². The Balaban J connectivity index is 1.53. The number of hydrogen-bond acceptors (Lipinski definition) is 6. The van der Waals surface area contributed by atoms with E-state index in [0.29, 0.717) is 42.8 Å². The number of aliphatic imine (C=N–C) groups is 2. The van der Waals surface area contributed by atoms with Crippen LogP contribution < -0.4 is 0 Å². The summed E-state index contributed by atoms with van der Waals surface area (Å²) in [6, 6.07) is 10.5. The molecule has 1 saturated heterocycles. The van der Waals surface area contributed by atoms with E-state index < -0.39 is 0 Å². The van der Waals surface area contributed by atoms with Crippen molar-refractivity contribution >= 4 is 12.4 Å². The molecule has 2 aromatic carbocycles. The highest BCUT2D eigenvalue weighted by Crippen LogP contribution is 2.34. The largest absolute Gasteiger partial charge is 0.507 e. The van der Waals surface area contributed by atoms with Crippen molar-refractivity contribution in [2.75, 3.05) is 19.7 Å². The molecule has 2 aromatic rings. The second-order valence-electron chi connectivity index (χ2n) is 5.80. The summed E-state index contributed by atoms with van der Waals surface area (Å²) in [6.07, 6.45) is 3.86. The van der Waals surface area contributed by atoms with Gasteiger partial charge in [-0.2, -0.15) is 0 Å². The molecule has 0 spiro atoms. The molecule has 1 aliphatic heterocycles. The number of aromatic hydroxyl groups is 3. The van der Waals surface area contributed by atoms with Crippen molar-refractivity contribution in [1.82, 2.24) is 0 Å². The van der Waals surface area contributed by atoms with E-state index in [9.17, 15) is 15.3 Å². The fraction of sp³-hybridized carbons (Fsp3) is 0.263. The van der Waals surface area contributed by atoms with Gasteiger partial charge in [0.15, 0.2) is 11.5 Å². The number of ether oxygens (including phenoxy) is 1. The maximum Gasteiger partial charge on any atom is 0.166 e. The van der Waals surface area contributed by atoms with Gasteiger partial charge in [0.25, 0.3) is 0 Å². The van der Waals surface area contributed by atoms with Crippen LogP contribution >= 0.6 is 0 Å². The van der Waals surface area contributed by atoms with Crippen LogP contribution in [0, 0.1) is 0 Å². The summed E-state index contributed by atoms with van der Waals surface area (Å²) in [5.41, 5.74) is 1.79. The minimum atomic E-state index is -0.167. The molecule has 6 heteroatoms. The van der Waals surface area contributed by atoms with E-state index in [-0.39, 0.29) is 23.4 Å². The molecule has 1 fully saturated rings. The van der Waals surface area contributed by atoms with Crippen LogP contribution in [0.4, 0.5) is 0 Å². The molecular formula is C19H20N2O4. The summed E-state index contributed by atoms with van der Waals surface area (Å²) < 4.78 is 5.13. The minimum absolute atomic E-state index is 0.114. The summed E-state index contributed by atoms with van der Waals surface area (Å²) in [5.74, 6) is -0.0940. The average Bonchev–Trinajstić information content (AvgIpc) is 3.42. The highest BCUT2D eigenvalue weighted by molar-refractivity contribution is 5.85. The Morgan fingerprint density at radius 3 is 2.28 bits per heavy atom. The molecule has 0 bridgehead atoms. The number of phenolic OH excluding ortho intramolecular Hbond substituents is 3. The first-order valence-corrected chi connectivity index (χ1v) is 8.08. The van der Waals surface area contributed by atoms with Crippen LogP contribution in [-0.4, -0.2) is 53.5 Å². The number of nitrogens with zero attached hydrogens (tertiary/aromatic N) is 2. The Hall–Kier alpha value is -2.86. The lowest BCUT2D eigenvalue weighted by molar-refractivity contribution is 0.386.